The third kappa shape index (κ3) is 38.4. The van der Waals surface area contributed by atoms with Gasteiger partial charge in [-0.3, -0.25) is 0 Å². The van der Waals surface area contributed by atoms with Gasteiger partial charge in [-0.15, -0.1) is 37.2 Å². The molecule has 0 aliphatic rings. The molecule has 4 heteroatoms. The molecule has 0 unspecified atom stereocenters. The van der Waals surface area contributed by atoms with Crippen molar-refractivity contribution in [1.29, 1.82) is 0 Å². The van der Waals surface area contributed by atoms with Crippen molar-refractivity contribution >= 4 is 37.2 Å². The summed E-state index contributed by atoms with van der Waals surface area (Å²) >= 11 is 2.06. The fraction of sp³-hybridized carbons (Fsp3) is 0.333. The number of hydrogen-bond donors (Lipinski definition) is 0. The van der Waals surface area contributed by atoms with E-state index in [1.165, 1.54) is 0 Å². The molecule has 0 nitrogen and oxygen atoms in total. The van der Waals surface area contributed by atoms with Gasteiger partial charge >= 0.3 is 37.8 Å². The van der Waals surface area contributed by atoms with Gasteiger partial charge in [0.25, 0.3) is 0 Å². The van der Waals surface area contributed by atoms with E-state index in [0.29, 0.717) is 0 Å². The van der Waals surface area contributed by atoms with Gasteiger partial charge in [-0.2, -0.15) is 0 Å². The Balaban J connectivity index is -0.0000000150. The third-order valence-corrected chi connectivity index (χ3v) is 0.595. The molecule has 0 atom stereocenters. The van der Waals surface area contributed by atoms with Crippen LogP contribution in [-0.2, 0) is 20.4 Å². The Labute approximate surface area is 74.8 Å². The second kappa shape index (κ2) is 26.5. The van der Waals surface area contributed by atoms with Crippen LogP contribution in [0.3, 0.4) is 0 Å². The first kappa shape index (κ1) is 23.9. The quantitative estimate of drug-likeness (QED) is 0.448. The molecule has 0 aliphatic heterocycles. The topological polar surface area (TPSA) is 0 Å². The van der Waals surface area contributed by atoms with Crippen LogP contribution >= 0.6 is 37.2 Å². The van der Waals surface area contributed by atoms with Gasteiger partial charge in [0.05, 0.1) is 0 Å². The van der Waals surface area contributed by atoms with E-state index in [1.807, 2.05) is 6.08 Å². The molecule has 0 saturated heterocycles. The molecule has 0 bridgehead atoms. The monoisotopic (exact) mass is 197 g/mol. The van der Waals surface area contributed by atoms with Crippen molar-refractivity contribution in [3.05, 3.63) is 12.7 Å². The van der Waals surface area contributed by atoms with Crippen molar-refractivity contribution in [3.63, 3.8) is 0 Å². The maximum Gasteiger partial charge on any atom is -0.147 e. The largest absolute Gasteiger partial charge is 0.147 e. The van der Waals surface area contributed by atoms with Crippen molar-refractivity contribution in [2.24, 2.45) is 0 Å². The van der Waals surface area contributed by atoms with Crippen molar-refractivity contribution < 1.29 is 20.4 Å². The predicted octanol–water partition coefficient (Wildman–Crippen LogP) is 2.40. The van der Waals surface area contributed by atoms with E-state index in [0.717, 1.165) is 4.73 Å². The predicted molar refractivity (Wildman–Crippen MR) is 36.7 cm³/mol. The average molecular weight is 198 g/mol. The van der Waals surface area contributed by atoms with Crippen LogP contribution in [0.4, 0.5) is 0 Å². The van der Waals surface area contributed by atoms with Gasteiger partial charge in [-0.1, -0.05) is 0 Å². The van der Waals surface area contributed by atoms with Crippen molar-refractivity contribution in [3.8, 4) is 0 Å². The van der Waals surface area contributed by atoms with Crippen molar-refractivity contribution in [1.82, 2.24) is 0 Å². The Hall–Kier alpha value is 1.32. The Kier molecular flexibility index (Phi) is 90.4. The molecule has 0 heterocycles. The van der Waals surface area contributed by atoms with Crippen molar-refractivity contribution in [2.45, 2.75) is 4.73 Å². The minimum Gasteiger partial charge on any atom is -0.147 e. The minimum atomic E-state index is 0. The maximum absolute atomic E-state index is 3.48. The molecular weight excluding hydrogens is 190 g/mol. The molecule has 0 radical (unpaired) electrons. The van der Waals surface area contributed by atoms with E-state index in [2.05, 4.69) is 27.0 Å². The number of rotatable bonds is 1. The molecule has 0 rings (SSSR count). The Morgan fingerprint density at radius 3 is 1.43 bits per heavy atom. The van der Waals surface area contributed by atoms with Crippen LogP contribution < -0.4 is 0 Å². The molecule has 0 fully saturated rings. The molecule has 45 valence electrons. The zero-order chi connectivity index (χ0) is 3.41. The molecule has 0 aromatic carbocycles. The molecular formula is C3H8Cl3Ti. The van der Waals surface area contributed by atoms with Crippen LogP contribution in [0.1, 0.15) is 0 Å². The maximum atomic E-state index is 3.48. The second-order valence-electron chi connectivity index (χ2n) is 0.493. The molecule has 0 N–H and O–H groups in total. The van der Waals surface area contributed by atoms with E-state index in [1.54, 1.807) is 0 Å². The summed E-state index contributed by atoms with van der Waals surface area (Å²) in [6, 6.07) is 0. The Morgan fingerprint density at radius 2 is 1.43 bits per heavy atom. The number of allylic oxidation sites excluding steroid dienone is 1. The Bertz CT molecular complexity index is 24.1. The second-order valence-corrected chi connectivity index (χ2v) is 1.13. The van der Waals surface area contributed by atoms with E-state index in [9.17, 15) is 0 Å². The van der Waals surface area contributed by atoms with Gasteiger partial charge in [0, 0.05) is 0 Å². The number of hydrogen-bond acceptors (Lipinski definition) is 0. The summed E-state index contributed by atoms with van der Waals surface area (Å²) in [6.45, 7) is 3.48. The van der Waals surface area contributed by atoms with Crippen LogP contribution in [0.5, 0.6) is 0 Å². The molecule has 0 aromatic rings. The minimum absolute atomic E-state index is 0. The standard InChI is InChI=1S/C3H5.3ClH.Ti/c1-3-2;;;;/h3H,1-2H2;3*1H;. The number of halogens is 3. The van der Waals surface area contributed by atoms with Crippen LogP contribution in [-0.4, -0.2) is 0 Å². The zero-order valence-electron chi connectivity index (χ0n) is 3.72. The van der Waals surface area contributed by atoms with Crippen LogP contribution in [0, 0.1) is 0 Å². The Morgan fingerprint density at radius 1 is 1.29 bits per heavy atom. The molecule has 0 amide bonds. The SMILES string of the molecule is C=C[CH2][Ti].Cl.Cl.Cl. The smallest absolute Gasteiger partial charge is 0.147 e. The first-order chi connectivity index (χ1) is 1.91. The normalized spacial score (nSPS) is 3.29. The summed E-state index contributed by atoms with van der Waals surface area (Å²) < 4.78 is 1.08. The fourth-order valence-electron chi connectivity index (χ4n) is 0. The van der Waals surface area contributed by atoms with Crippen LogP contribution in [0.25, 0.3) is 0 Å². The summed E-state index contributed by atoms with van der Waals surface area (Å²) in [5.41, 5.74) is 0. The van der Waals surface area contributed by atoms with E-state index >= 15 is 0 Å². The average Bonchev–Trinajstić information content (AvgIpc) is 1.37. The van der Waals surface area contributed by atoms with E-state index < -0.39 is 0 Å². The summed E-state index contributed by atoms with van der Waals surface area (Å²) in [5.74, 6) is 0. The molecule has 0 aliphatic carbocycles. The van der Waals surface area contributed by atoms with E-state index in [-0.39, 0.29) is 37.2 Å². The summed E-state index contributed by atoms with van der Waals surface area (Å²) in [7, 11) is 0. The first-order valence-corrected chi connectivity index (χ1v) is 2.27. The summed E-state index contributed by atoms with van der Waals surface area (Å²) in [5, 5.41) is 0. The van der Waals surface area contributed by atoms with Gasteiger partial charge in [-0.05, 0) is 0 Å². The van der Waals surface area contributed by atoms with Crippen LogP contribution in [0.15, 0.2) is 12.7 Å². The van der Waals surface area contributed by atoms with Gasteiger partial charge in [-0.25, -0.2) is 0 Å². The van der Waals surface area contributed by atoms with Crippen molar-refractivity contribution in [2.75, 3.05) is 0 Å². The van der Waals surface area contributed by atoms with Gasteiger partial charge < -0.3 is 0 Å². The fourth-order valence-corrected chi connectivity index (χ4v) is 0. The summed E-state index contributed by atoms with van der Waals surface area (Å²) in [6.07, 6.45) is 1.88. The van der Waals surface area contributed by atoms with Gasteiger partial charge in [0.1, 0.15) is 0 Å². The molecule has 0 spiro atoms. The molecule has 7 heavy (non-hydrogen) atoms. The molecule has 0 saturated carbocycles. The first-order valence-electron chi connectivity index (χ1n) is 1.17. The molecule has 0 aromatic heterocycles. The van der Waals surface area contributed by atoms with Gasteiger partial charge in [0.2, 0.25) is 0 Å². The third-order valence-electron chi connectivity index (χ3n) is 0.144. The van der Waals surface area contributed by atoms with Gasteiger partial charge in [0.15, 0.2) is 0 Å². The summed E-state index contributed by atoms with van der Waals surface area (Å²) in [4.78, 5) is 0. The van der Waals surface area contributed by atoms with Crippen LogP contribution in [0.2, 0.25) is 4.73 Å². The van der Waals surface area contributed by atoms with E-state index in [4.69, 9.17) is 0 Å². The zero-order valence-corrected chi connectivity index (χ0v) is 7.73.